The Morgan fingerprint density at radius 2 is 2.13 bits per heavy atom. The second-order valence-corrected chi connectivity index (χ2v) is 5.48. The van der Waals surface area contributed by atoms with Crippen molar-refractivity contribution in [1.29, 1.82) is 5.26 Å². The molecule has 0 bridgehead atoms. The summed E-state index contributed by atoms with van der Waals surface area (Å²) in [7, 11) is 1.55. The summed E-state index contributed by atoms with van der Waals surface area (Å²) in [4.78, 5) is 8.81. The van der Waals surface area contributed by atoms with Crippen LogP contribution >= 0.6 is 11.3 Å². The predicted molar refractivity (Wildman–Crippen MR) is 87.4 cm³/mol. The quantitative estimate of drug-likeness (QED) is 0.716. The molecule has 0 aliphatic heterocycles. The molecule has 6 heteroatoms. The summed E-state index contributed by atoms with van der Waals surface area (Å²) in [5, 5.41) is 11.7. The summed E-state index contributed by atoms with van der Waals surface area (Å²) in [6.07, 6.45) is 1.74. The number of hydrogen-bond acceptors (Lipinski definition) is 6. The van der Waals surface area contributed by atoms with Gasteiger partial charge in [0.1, 0.15) is 11.6 Å². The normalized spacial score (nSPS) is 10.1. The van der Waals surface area contributed by atoms with Crippen molar-refractivity contribution in [3.63, 3.8) is 0 Å². The van der Waals surface area contributed by atoms with Crippen molar-refractivity contribution in [1.82, 2.24) is 9.97 Å². The molecule has 0 N–H and O–H groups in total. The third-order valence-corrected chi connectivity index (χ3v) is 4.02. The van der Waals surface area contributed by atoms with Gasteiger partial charge in [-0.05, 0) is 24.3 Å². The number of methoxy groups -OCH3 is 1. The highest BCUT2D eigenvalue weighted by Crippen LogP contribution is 2.29. The van der Waals surface area contributed by atoms with Crippen LogP contribution in [0.1, 0.15) is 11.3 Å². The number of nitrogens with zero attached hydrogens (tertiary/aromatic N) is 3. The molecule has 0 atom stereocenters. The SMILES string of the molecule is COc1cc(C#N)ccc1OCc1csc(-c2ccccn2)n1. The minimum Gasteiger partial charge on any atom is -0.493 e. The minimum absolute atomic E-state index is 0.325. The molecule has 114 valence electrons. The van der Waals surface area contributed by atoms with E-state index in [0.717, 1.165) is 16.4 Å². The highest BCUT2D eigenvalue weighted by molar-refractivity contribution is 7.13. The Labute approximate surface area is 137 Å². The average Bonchev–Trinajstić information content (AvgIpc) is 3.09. The fourth-order valence-corrected chi connectivity index (χ4v) is 2.77. The van der Waals surface area contributed by atoms with Gasteiger partial charge in [0.05, 0.1) is 30.1 Å². The zero-order valence-electron chi connectivity index (χ0n) is 12.4. The van der Waals surface area contributed by atoms with Gasteiger partial charge >= 0.3 is 0 Å². The van der Waals surface area contributed by atoms with E-state index in [-0.39, 0.29) is 0 Å². The maximum absolute atomic E-state index is 8.91. The number of benzene rings is 1. The van der Waals surface area contributed by atoms with Gasteiger partial charge in [-0.1, -0.05) is 6.07 Å². The lowest BCUT2D eigenvalue weighted by Gasteiger charge is -2.09. The Morgan fingerprint density at radius 1 is 1.22 bits per heavy atom. The van der Waals surface area contributed by atoms with Crippen LogP contribution in [-0.4, -0.2) is 17.1 Å². The first-order valence-corrected chi connectivity index (χ1v) is 7.75. The molecule has 0 aliphatic carbocycles. The summed E-state index contributed by atoms with van der Waals surface area (Å²) in [6.45, 7) is 0.325. The molecule has 3 rings (SSSR count). The van der Waals surface area contributed by atoms with Crippen LogP contribution in [0.5, 0.6) is 11.5 Å². The summed E-state index contributed by atoms with van der Waals surface area (Å²) in [5.74, 6) is 1.11. The van der Waals surface area contributed by atoms with Gasteiger partial charge in [0.15, 0.2) is 11.5 Å². The zero-order valence-corrected chi connectivity index (χ0v) is 13.2. The van der Waals surface area contributed by atoms with E-state index in [1.165, 1.54) is 11.3 Å². The van der Waals surface area contributed by atoms with Gasteiger partial charge in [0, 0.05) is 17.6 Å². The van der Waals surface area contributed by atoms with Crippen LogP contribution in [0, 0.1) is 11.3 Å². The molecule has 0 saturated carbocycles. The third-order valence-electron chi connectivity index (χ3n) is 3.10. The smallest absolute Gasteiger partial charge is 0.162 e. The first-order chi connectivity index (χ1) is 11.3. The number of rotatable bonds is 5. The van der Waals surface area contributed by atoms with E-state index >= 15 is 0 Å². The van der Waals surface area contributed by atoms with Crippen LogP contribution in [0.4, 0.5) is 0 Å². The van der Waals surface area contributed by atoms with Crippen molar-refractivity contribution < 1.29 is 9.47 Å². The Hall–Kier alpha value is -2.91. The van der Waals surface area contributed by atoms with Crippen LogP contribution in [0.2, 0.25) is 0 Å². The number of thiazole rings is 1. The molecular weight excluding hydrogens is 310 g/mol. The fraction of sp³-hybridized carbons (Fsp3) is 0.118. The maximum Gasteiger partial charge on any atom is 0.162 e. The van der Waals surface area contributed by atoms with E-state index in [1.54, 1.807) is 31.5 Å². The molecule has 1 aromatic carbocycles. The summed E-state index contributed by atoms with van der Waals surface area (Å²) in [6, 6.07) is 12.9. The topological polar surface area (TPSA) is 68.0 Å². The highest BCUT2D eigenvalue weighted by Gasteiger charge is 2.09. The molecule has 5 nitrogen and oxygen atoms in total. The van der Waals surface area contributed by atoms with E-state index in [4.69, 9.17) is 14.7 Å². The van der Waals surface area contributed by atoms with Crippen LogP contribution in [-0.2, 0) is 6.61 Å². The Balaban J connectivity index is 1.72. The van der Waals surface area contributed by atoms with Gasteiger partial charge in [-0.25, -0.2) is 4.98 Å². The maximum atomic E-state index is 8.91. The number of pyridine rings is 1. The molecule has 0 radical (unpaired) electrons. The summed E-state index contributed by atoms with van der Waals surface area (Å²) in [5.41, 5.74) is 2.20. The van der Waals surface area contributed by atoms with E-state index in [9.17, 15) is 0 Å². The van der Waals surface area contributed by atoms with Gasteiger partial charge < -0.3 is 9.47 Å². The molecule has 0 aliphatic rings. The van der Waals surface area contributed by atoms with Crippen molar-refractivity contribution >= 4 is 11.3 Å². The largest absolute Gasteiger partial charge is 0.493 e. The van der Waals surface area contributed by atoms with Gasteiger partial charge in [-0.2, -0.15) is 5.26 Å². The molecule has 0 fully saturated rings. The molecule has 0 spiro atoms. The lowest BCUT2D eigenvalue weighted by Crippen LogP contribution is -1.98. The zero-order chi connectivity index (χ0) is 16.1. The molecule has 0 amide bonds. The lowest BCUT2D eigenvalue weighted by molar-refractivity contribution is 0.281. The van der Waals surface area contributed by atoms with Crippen molar-refractivity contribution in [2.75, 3.05) is 7.11 Å². The van der Waals surface area contributed by atoms with Crippen molar-refractivity contribution in [3.05, 3.63) is 59.2 Å². The minimum atomic E-state index is 0.325. The van der Waals surface area contributed by atoms with Crippen LogP contribution in [0.25, 0.3) is 10.7 Å². The number of nitriles is 1. The first-order valence-electron chi connectivity index (χ1n) is 6.87. The Kier molecular flexibility index (Phi) is 4.50. The number of hydrogen-bond donors (Lipinski definition) is 0. The van der Waals surface area contributed by atoms with Crippen molar-refractivity contribution in [2.24, 2.45) is 0 Å². The Bertz CT molecular complexity index is 841. The molecule has 2 aromatic heterocycles. The van der Waals surface area contributed by atoms with E-state index < -0.39 is 0 Å². The van der Waals surface area contributed by atoms with E-state index in [2.05, 4.69) is 16.0 Å². The molecule has 0 unspecified atom stereocenters. The second-order valence-electron chi connectivity index (χ2n) is 4.63. The standard InChI is InChI=1S/C17H13N3O2S/c1-21-16-8-12(9-18)5-6-15(16)22-10-13-11-23-17(20-13)14-4-2-3-7-19-14/h2-8,11H,10H2,1H3. The van der Waals surface area contributed by atoms with Gasteiger partial charge in [-0.15, -0.1) is 11.3 Å². The molecular formula is C17H13N3O2S. The first kappa shape index (κ1) is 15.0. The molecule has 0 saturated heterocycles. The van der Waals surface area contributed by atoms with Crippen LogP contribution < -0.4 is 9.47 Å². The van der Waals surface area contributed by atoms with Gasteiger partial charge in [0.25, 0.3) is 0 Å². The number of ether oxygens (including phenoxy) is 2. The average molecular weight is 323 g/mol. The molecule has 23 heavy (non-hydrogen) atoms. The predicted octanol–water partition coefficient (Wildman–Crippen LogP) is 3.66. The highest BCUT2D eigenvalue weighted by atomic mass is 32.1. The van der Waals surface area contributed by atoms with Crippen LogP contribution in [0.3, 0.4) is 0 Å². The van der Waals surface area contributed by atoms with Gasteiger partial charge in [-0.3, -0.25) is 4.98 Å². The molecule has 3 aromatic rings. The van der Waals surface area contributed by atoms with Crippen molar-refractivity contribution in [2.45, 2.75) is 6.61 Å². The summed E-state index contributed by atoms with van der Waals surface area (Å²) < 4.78 is 11.0. The van der Waals surface area contributed by atoms with Gasteiger partial charge in [0.2, 0.25) is 0 Å². The summed E-state index contributed by atoms with van der Waals surface area (Å²) >= 11 is 1.53. The second kappa shape index (κ2) is 6.90. The monoisotopic (exact) mass is 323 g/mol. The van der Waals surface area contributed by atoms with Crippen molar-refractivity contribution in [3.8, 4) is 28.3 Å². The van der Waals surface area contributed by atoms with Crippen LogP contribution in [0.15, 0.2) is 48.0 Å². The number of aromatic nitrogens is 2. The molecule has 2 heterocycles. The van der Waals surface area contributed by atoms with E-state index in [0.29, 0.717) is 23.7 Å². The Morgan fingerprint density at radius 3 is 2.87 bits per heavy atom. The van der Waals surface area contributed by atoms with E-state index in [1.807, 2.05) is 23.6 Å². The lowest BCUT2D eigenvalue weighted by atomic mass is 10.2. The fourth-order valence-electron chi connectivity index (χ4n) is 1.99. The third kappa shape index (κ3) is 3.47.